The lowest BCUT2D eigenvalue weighted by atomic mass is 10.1. The van der Waals surface area contributed by atoms with E-state index in [4.69, 9.17) is 4.74 Å². The van der Waals surface area contributed by atoms with E-state index in [0.29, 0.717) is 0 Å². The van der Waals surface area contributed by atoms with E-state index >= 15 is 0 Å². The highest BCUT2D eigenvalue weighted by atomic mass is 32.1. The van der Waals surface area contributed by atoms with Gasteiger partial charge in [0, 0.05) is 0 Å². The molecule has 53 valence electrons. The molecule has 0 rings (SSSR count). The highest BCUT2D eigenvalue weighted by Crippen LogP contribution is 2.02. The topological polar surface area (TPSA) is 9.23 Å². The number of thiocarbonyl (C=S) groups is 1. The number of rotatable bonds is 5. The van der Waals surface area contributed by atoms with Crippen molar-refractivity contribution in [3.8, 4) is 0 Å². The molecular weight excluding hydrogens is 132 g/mol. The van der Waals surface area contributed by atoms with Crippen LogP contribution >= 0.6 is 12.2 Å². The van der Waals surface area contributed by atoms with Gasteiger partial charge in [0.2, 0.25) is 5.55 Å². The van der Waals surface area contributed by atoms with Crippen molar-refractivity contribution in [1.82, 2.24) is 0 Å². The van der Waals surface area contributed by atoms with Gasteiger partial charge in [-0.15, -0.1) is 0 Å². The van der Waals surface area contributed by atoms with Crippen LogP contribution in [0.25, 0.3) is 0 Å². The van der Waals surface area contributed by atoms with Crippen molar-refractivity contribution < 1.29 is 4.74 Å². The third-order valence-corrected chi connectivity index (χ3v) is 1.20. The third kappa shape index (κ3) is 7.89. The average Bonchev–Trinajstić information content (AvgIpc) is 1.80. The van der Waals surface area contributed by atoms with Crippen molar-refractivity contribution in [2.45, 2.75) is 26.7 Å². The first-order valence-corrected chi connectivity index (χ1v) is 3.67. The summed E-state index contributed by atoms with van der Waals surface area (Å²) in [4.78, 5) is 0. The Hall–Kier alpha value is -0.110. The van der Waals surface area contributed by atoms with Crippen LogP contribution in [0.3, 0.4) is 0 Å². The Bertz CT molecular complexity index is 71.3. The maximum absolute atomic E-state index is 4.75. The molecule has 0 aromatic carbocycles. The zero-order chi connectivity index (χ0) is 7.11. The molecule has 0 aromatic heterocycles. The molecule has 2 heteroatoms. The SMILES string of the molecule is CC(C)CCCO[C]=S. The average molecular weight is 145 g/mol. The maximum Gasteiger partial charge on any atom is 0.239 e. The fourth-order valence-corrected chi connectivity index (χ4v) is 0.689. The predicted molar refractivity (Wildman–Crippen MR) is 42.6 cm³/mol. The third-order valence-electron chi connectivity index (χ3n) is 1.09. The molecular formula is C7H13OS. The summed E-state index contributed by atoms with van der Waals surface area (Å²) < 4.78 is 4.75. The van der Waals surface area contributed by atoms with Crippen molar-refractivity contribution >= 4 is 17.8 Å². The summed E-state index contributed by atoms with van der Waals surface area (Å²) in [7, 11) is 0. The van der Waals surface area contributed by atoms with Gasteiger partial charge in [0.25, 0.3) is 0 Å². The van der Waals surface area contributed by atoms with Crippen molar-refractivity contribution in [1.29, 1.82) is 0 Å². The Morgan fingerprint density at radius 3 is 2.67 bits per heavy atom. The lowest BCUT2D eigenvalue weighted by molar-refractivity contribution is 0.305. The smallest absolute Gasteiger partial charge is 0.239 e. The number of hydrogen-bond acceptors (Lipinski definition) is 2. The fourth-order valence-electron chi connectivity index (χ4n) is 0.605. The Morgan fingerprint density at radius 2 is 2.22 bits per heavy atom. The highest BCUT2D eigenvalue weighted by Gasteiger charge is 1.91. The molecule has 0 aliphatic heterocycles. The lowest BCUT2D eigenvalue weighted by Crippen LogP contribution is -1.93. The van der Waals surface area contributed by atoms with E-state index in [0.717, 1.165) is 18.9 Å². The molecule has 0 saturated heterocycles. The normalized spacial score (nSPS) is 9.67. The van der Waals surface area contributed by atoms with E-state index in [1.807, 2.05) is 0 Å². The van der Waals surface area contributed by atoms with Gasteiger partial charge in [0.05, 0.1) is 6.61 Å². The molecule has 0 unspecified atom stereocenters. The molecule has 0 heterocycles. The Kier molecular flexibility index (Phi) is 5.94. The van der Waals surface area contributed by atoms with Gasteiger partial charge in [-0.25, -0.2) is 0 Å². The molecule has 0 amide bonds. The van der Waals surface area contributed by atoms with Gasteiger partial charge in [-0.05, 0) is 31.0 Å². The molecule has 0 fully saturated rings. The van der Waals surface area contributed by atoms with Crippen LogP contribution in [0.2, 0.25) is 0 Å². The van der Waals surface area contributed by atoms with E-state index < -0.39 is 0 Å². The summed E-state index contributed by atoms with van der Waals surface area (Å²) in [5.74, 6) is 0.763. The van der Waals surface area contributed by atoms with Gasteiger partial charge in [-0.3, -0.25) is 0 Å². The molecule has 0 aliphatic carbocycles. The standard InChI is InChI=1S/C7H13OS/c1-7(2)4-3-5-8-6-9/h7H,3-5H2,1-2H3. The molecule has 0 aliphatic rings. The molecule has 0 aromatic rings. The Morgan fingerprint density at radius 1 is 1.56 bits per heavy atom. The summed E-state index contributed by atoms with van der Waals surface area (Å²) in [6.45, 7) is 5.12. The minimum atomic E-state index is 0.724. The second kappa shape index (κ2) is 6.02. The van der Waals surface area contributed by atoms with Crippen molar-refractivity contribution in [2.75, 3.05) is 6.61 Å². The molecule has 9 heavy (non-hydrogen) atoms. The van der Waals surface area contributed by atoms with Crippen LogP contribution in [0.4, 0.5) is 0 Å². The minimum Gasteiger partial charge on any atom is -0.480 e. The second-order valence-corrected chi connectivity index (χ2v) is 2.63. The van der Waals surface area contributed by atoms with Crippen LogP contribution in [0, 0.1) is 5.92 Å². The molecule has 0 bridgehead atoms. The van der Waals surface area contributed by atoms with E-state index in [1.165, 1.54) is 6.42 Å². The number of hydrogen-bond donors (Lipinski definition) is 0. The number of ether oxygens (including phenoxy) is 1. The molecule has 0 spiro atoms. The quantitative estimate of drug-likeness (QED) is 0.433. The second-order valence-electron chi connectivity index (χ2n) is 2.47. The molecule has 0 atom stereocenters. The van der Waals surface area contributed by atoms with Gasteiger partial charge < -0.3 is 4.74 Å². The molecule has 1 nitrogen and oxygen atoms in total. The Labute approximate surface area is 62.4 Å². The van der Waals surface area contributed by atoms with Crippen LogP contribution in [-0.4, -0.2) is 12.2 Å². The van der Waals surface area contributed by atoms with Crippen LogP contribution in [0.15, 0.2) is 0 Å². The molecule has 1 radical (unpaired) electrons. The minimum absolute atomic E-state index is 0.724. The van der Waals surface area contributed by atoms with Crippen LogP contribution in [-0.2, 0) is 4.74 Å². The van der Waals surface area contributed by atoms with E-state index in [9.17, 15) is 0 Å². The Balaban J connectivity index is 2.82. The van der Waals surface area contributed by atoms with Crippen molar-refractivity contribution in [2.24, 2.45) is 5.92 Å². The first kappa shape index (κ1) is 8.89. The lowest BCUT2D eigenvalue weighted by Gasteiger charge is -2.01. The first-order valence-electron chi connectivity index (χ1n) is 3.26. The van der Waals surface area contributed by atoms with Crippen molar-refractivity contribution in [3.05, 3.63) is 0 Å². The largest absolute Gasteiger partial charge is 0.480 e. The fraction of sp³-hybridized carbons (Fsp3) is 0.857. The van der Waals surface area contributed by atoms with E-state index in [-0.39, 0.29) is 0 Å². The van der Waals surface area contributed by atoms with Gasteiger partial charge in [0.1, 0.15) is 0 Å². The van der Waals surface area contributed by atoms with Crippen LogP contribution in [0.1, 0.15) is 26.7 Å². The monoisotopic (exact) mass is 145 g/mol. The highest BCUT2D eigenvalue weighted by molar-refractivity contribution is 7.78. The zero-order valence-electron chi connectivity index (χ0n) is 6.02. The summed E-state index contributed by atoms with van der Waals surface area (Å²) >= 11 is 4.36. The van der Waals surface area contributed by atoms with E-state index in [2.05, 4.69) is 31.6 Å². The predicted octanol–water partition coefficient (Wildman–Crippen LogP) is 2.27. The molecule has 0 N–H and O–H groups in total. The summed E-state index contributed by atoms with van der Waals surface area (Å²) in [6.07, 6.45) is 2.29. The van der Waals surface area contributed by atoms with Gasteiger partial charge >= 0.3 is 0 Å². The molecule has 0 saturated carbocycles. The van der Waals surface area contributed by atoms with E-state index in [1.54, 1.807) is 0 Å². The zero-order valence-corrected chi connectivity index (χ0v) is 6.83. The van der Waals surface area contributed by atoms with Gasteiger partial charge in [-0.2, -0.15) is 0 Å². The van der Waals surface area contributed by atoms with Crippen LogP contribution in [0.5, 0.6) is 0 Å². The van der Waals surface area contributed by atoms with Gasteiger partial charge in [-0.1, -0.05) is 13.8 Å². The first-order chi connectivity index (χ1) is 4.27. The van der Waals surface area contributed by atoms with Crippen LogP contribution < -0.4 is 0 Å². The maximum atomic E-state index is 4.75. The summed E-state index contributed by atoms with van der Waals surface area (Å²) in [5.41, 5.74) is 2.22. The summed E-state index contributed by atoms with van der Waals surface area (Å²) in [5, 5.41) is 0. The van der Waals surface area contributed by atoms with Crippen molar-refractivity contribution in [3.63, 3.8) is 0 Å². The summed E-state index contributed by atoms with van der Waals surface area (Å²) in [6, 6.07) is 0. The van der Waals surface area contributed by atoms with Gasteiger partial charge in [0.15, 0.2) is 0 Å².